The molecule has 0 fully saturated rings. The zero-order chi connectivity index (χ0) is 14.4. The van der Waals surface area contributed by atoms with Gasteiger partial charge in [0.1, 0.15) is 5.82 Å². The minimum absolute atomic E-state index is 0.180. The van der Waals surface area contributed by atoms with Crippen molar-refractivity contribution in [3.8, 4) is 0 Å². The molecule has 1 amide bonds. The highest BCUT2D eigenvalue weighted by atomic mass is 19.2. The van der Waals surface area contributed by atoms with E-state index in [1.807, 2.05) is 6.92 Å². The SMILES string of the molecule is CC(CCN)CCC(=O)Nc1cc(F)c(F)cc1F. The molecule has 1 atom stereocenters. The lowest BCUT2D eigenvalue weighted by atomic mass is 10.0. The molecule has 0 saturated heterocycles. The van der Waals surface area contributed by atoms with Crippen molar-refractivity contribution in [2.24, 2.45) is 11.7 Å². The van der Waals surface area contributed by atoms with Crippen LogP contribution in [0.3, 0.4) is 0 Å². The summed E-state index contributed by atoms with van der Waals surface area (Å²) < 4.78 is 38.9. The van der Waals surface area contributed by atoms with Gasteiger partial charge in [-0.1, -0.05) is 6.92 Å². The van der Waals surface area contributed by atoms with Crippen molar-refractivity contribution < 1.29 is 18.0 Å². The van der Waals surface area contributed by atoms with Crippen LogP contribution in [-0.4, -0.2) is 12.5 Å². The van der Waals surface area contributed by atoms with E-state index in [2.05, 4.69) is 5.32 Å². The minimum atomic E-state index is -1.29. The third-order valence-electron chi connectivity index (χ3n) is 2.81. The van der Waals surface area contributed by atoms with E-state index in [1.165, 1.54) is 0 Å². The lowest BCUT2D eigenvalue weighted by Gasteiger charge is -2.10. The summed E-state index contributed by atoms with van der Waals surface area (Å²) in [6, 6.07) is 1.04. The van der Waals surface area contributed by atoms with E-state index in [1.54, 1.807) is 0 Å². The van der Waals surface area contributed by atoms with E-state index in [-0.39, 0.29) is 18.0 Å². The molecular weight excluding hydrogens is 257 g/mol. The van der Waals surface area contributed by atoms with E-state index < -0.39 is 23.4 Å². The van der Waals surface area contributed by atoms with Gasteiger partial charge in [0, 0.05) is 18.6 Å². The average molecular weight is 274 g/mol. The first-order chi connectivity index (χ1) is 8.93. The highest BCUT2D eigenvalue weighted by Crippen LogP contribution is 2.19. The van der Waals surface area contributed by atoms with Crippen molar-refractivity contribution in [2.45, 2.75) is 26.2 Å². The van der Waals surface area contributed by atoms with Crippen LogP contribution in [0.15, 0.2) is 12.1 Å². The molecule has 0 radical (unpaired) electrons. The molecule has 0 heterocycles. The molecule has 3 N–H and O–H groups in total. The summed E-state index contributed by atoms with van der Waals surface area (Å²) >= 11 is 0. The Morgan fingerprint density at radius 3 is 2.47 bits per heavy atom. The monoisotopic (exact) mass is 274 g/mol. The number of hydrogen-bond acceptors (Lipinski definition) is 2. The molecular formula is C13H17F3N2O. The number of benzene rings is 1. The van der Waals surface area contributed by atoms with Gasteiger partial charge in [-0.05, 0) is 25.3 Å². The molecule has 3 nitrogen and oxygen atoms in total. The first-order valence-electron chi connectivity index (χ1n) is 6.08. The molecule has 0 bridgehead atoms. The Hall–Kier alpha value is -1.56. The summed E-state index contributed by atoms with van der Waals surface area (Å²) in [4.78, 5) is 11.5. The van der Waals surface area contributed by atoms with Crippen LogP contribution in [0.4, 0.5) is 18.9 Å². The normalized spacial score (nSPS) is 12.3. The van der Waals surface area contributed by atoms with Crippen LogP contribution in [0, 0.1) is 23.4 Å². The van der Waals surface area contributed by atoms with Gasteiger partial charge >= 0.3 is 0 Å². The van der Waals surface area contributed by atoms with Crippen LogP contribution in [0.25, 0.3) is 0 Å². The summed E-state index contributed by atoms with van der Waals surface area (Å²) in [5.74, 6) is -3.64. The van der Waals surface area contributed by atoms with Gasteiger partial charge in [0.05, 0.1) is 5.69 Å². The summed E-state index contributed by atoms with van der Waals surface area (Å²) in [7, 11) is 0. The van der Waals surface area contributed by atoms with Gasteiger partial charge in [0.2, 0.25) is 5.91 Å². The summed E-state index contributed by atoms with van der Waals surface area (Å²) in [5.41, 5.74) is 5.03. The van der Waals surface area contributed by atoms with Gasteiger partial charge in [-0.25, -0.2) is 13.2 Å². The largest absolute Gasteiger partial charge is 0.330 e. The number of nitrogens with two attached hydrogens (primary N) is 1. The Morgan fingerprint density at radius 2 is 1.84 bits per heavy atom. The molecule has 19 heavy (non-hydrogen) atoms. The number of carbonyl (C=O) groups excluding carboxylic acids is 1. The maximum atomic E-state index is 13.3. The zero-order valence-corrected chi connectivity index (χ0v) is 10.7. The van der Waals surface area contributed by atoms with E-state index in [4.69, 9.17) is 5.73 Å². The number of nitrogens with one attached hydrogen (secondary N) is 1. The summed E-state index contributed by atoms with van der Waals surface area (Å²) in [5, 5.41) is 2.22. The quantitative estimate of drug-likeness (QED) is 0.784. The molecule has 6 heteroatoms. The van der Waals surface area contributed by atoms with Gasteiger partial charge < -0.3 is 11.1 Å². The lowest BCUT2D eigenvalue weighted by molar-refractivity contribution is -0.116. The van der Waals surface area contributed by atoms with Crippen LogP contribution < -0.4 is 11.1 Å². The molecule has 0 aliphatic rings. The molecule has 1 rings (SSSR count). The maximum Gasteiger partial charge on any atom is 0.224 e. The Morgan fingerprint density at radius 1 is 1.21 bits per heavy atom. The van der Waals surface area contributed by atoms with Crippen molar-refractivity contribution >= 4 is 11.6 Å². The fourth-order valence-corrected chi connectivity index (χ4v) is 1.64. The molecule has 1 aromatic rings. The second-order valence-corrected chi connectivity index (χ2v) is 4.52. The molecule has 0 spiro atoms. The van der Waals surface area contributed by atoms with Crippen molar-refractivity contribution in [3.05, 3.63) is 29.6 Å². The number of anilines is 1. The molecule has 1 aromatic carbocycles. The fourth-order valence-electron chi connectivity index (χ4n) is 1.64. The lowest BCUT2D eigenvalue weighted by Crippen LogP contribution is -2.15. The van der Waals surface area contributed by atoms with Gasteiger partial charge in [-0.2, -0.15) is 0 Å². The maximum absolute atomic E-state index is 13.3. The Balaban J connectivity index is 2.55. The third kappa shape index (κ3) is 4.90. The molecule has 0 saturated carbocycles. The first-order valence-corrected chi connectivity index (χ1v) is 6.08. The van der Waals surface area contributed by atoms with Crippen LogP contribution in [0.1, 0.15) is 26.2 Å². The molecule has 0 aliphatic heterocycles. The van der Waals surface area contributed by atoms with Crippen molar-refractivity contribution in [1.29, 1.82) is 0 Å². The van der Waals surface area contributed by atoms with Crippen LogP contribution in [0.5, 0.6) is 0 Å². The number of hydrogen-bond donors (Lipinski definition) is 2. The van der Waals surface area contributed by atoms with Crippen molar-refractivity contribution in [3.63, 3.8) is 0 Å². The van der Waals surface area contributed by atoms with E-state index in [0.29, 0.717) is 25.1 Å². The van der Waals surface area contributed by atoms with E-state index in [9.17, 15) is 18.0 Å². The summed E-state index contributed by atoms with van der Waals surface area (Å²) in [6.07, 6.45) is 1.58. The Kier molecular flexibility index (Phi) is 5.82. The van der Waals surface area contributed by atoms with Gasteiger partial charge in [0.15, 0.2) is 11.6 Å². The average Bonchev–Trinajstić information content (AvgIpc) is 2.34. The molecule has 0 aliphatic carbocycles. The van der Waals surface area contributed by atoms with Gasteiger partial charge in [0.25, 0.3) is 0 Å². The zero-order valence-electron chi connectivity index (χ0n) is 10.7. The van der Waals surface area contributed by atoms with Gasteiger partial charge in [-0.3, -0.25) is 4.79 Å². The van der Waals surface area contributed by atoms with Crippen LogP contribution in [-0.2, 0) is 4.79 Å². The van der Waals surface area contributed by atoms with E-state index in [0.717, 1.165) is 6.42 Å². The predicted octanol–water partition coefficient (Wildman–Crippen LogP) is 2.81. The molecule has 106 valence electrons. The third-order valence-corrected chi connectivity index (χ3v) is 2.81. The summed E-state index contributed by atoms with van der Waals surface area (Å²) in [6.45, 7) is 2.50. The van der Waals surface area contributed by atoms with Crippen molar-refractivity contribution in [2.75, 3.05) is 11.9 Å². The first kappa shape index (κ1) is 15.5. The Bertz CT molecular complexity index is 452. The highest BCUT2D eigenvalue weighted by molar-refractivity contribution is 5.90. The van der Waals surface area contributed by atoms with Gasteiger partial charge in [-0.15, -0.1) is 0 Å². The number of carbonyl (C=O) groups is 1. The molecule has 0 aromatic heterocycles. The predicted molar refractivity (Wildman–Crippen MR) is 67.0 cm³/mol. The second kappa shape index (κ2) is 7.13. The van der Waals surface area contributed by atoms with Crippen LogP contribution >= 0.6 is 0 Å². The smallest absolute Gasteiger partial charge is 0.224 e. The second-order valence-electron chi connectivity index (χ2n) is 4.52. The minimum Gasteiger partial charge on any atom is -0.330 e. The number of amides is 1. The standard InChI is InChI=1S/C13H17F3N2O/c1-8(4-5-17)2-3-13(19)18-12-7-10(15)9(14)6-11(12)16/h6-8H,2-5,17H2,1H3,(H,18,19). The van der Waals surface area contributed by atoms with Crippen LogP contribution in [0.2, 0.25) is 0 Å². The highest BCUT2D eigenvalue weighted by Gasteiger charge is 2.13. The fraction of sp³-hybridized carbons (Fsp3) is 0.462. The van der Waals surface area contributed by atoms with Crippen molar-refractivity contribution in [1.82, 2.24) is 0 Å². The Labute approximate surface area is 110 Å². The topological polar surface area (TPSA) is 55.1 Å². The molecule has 1 unspecified atom stereocenters. The van der Waals surface area contributed by atoms with E-state index >= 15 is 0 Å². The number of halogens is 3. The number of rotatable bonds is 6.